The highest BCUT2D eigenvalue weighted by atomic mass is 32.1. The minimum Gasteiger partial charge on any atom is -0.315 e. The fourth-order valence-electron chi connectivity index (χ4n) is 1.97. The summed E-state index contributed by atoms with van der Waals surface area (Å²) in [6.45, 7) is 5.70. The fraction of sp³-hybridized carbons (Fsp3) is 0.188. The van der Waals surface area contributed by atoms with E-state index in [1.54, 1.807) is 36.0 Å². The van der Waals surface area contributed by atoms with E-state index < -0.39 is 0 Å². The Morgan fingerprint density at radius 3 is 2.78 bits per heavy atom. The van der Waals surface area contributed by atoms with Gasteiger partial charge in [-0.25, -0.2) is 9.97 Å². The Bertz CT molecular complexity index is 845. The minimum absolute atomic E-state index is 0.235. The summed E-state index contributed by atoms with van der Waals surface area (Å²) < 4.78 is 0. The van der Waals surface area contributed by atoms with Gasteiger partial charge in [-0.2, -0.15) is 4.98 Å². The van der Waals surface area contributed by atoms with Crippen LogP contribution in [-0.2, 0) is 0 Å². The molecule has 0 fully saturated rings. The Labute approximate surface area is 137 Å². The first kappa shape index (κ1) is 15.2. The molecular formula is C16H15N5OS. The van der Waals surface area contributed by atoms with Crippen LogP contribution in [0.1, 0.15) is 23.2 Å². The quantitative estimate of drug-likeness (QED) is 0.543. The zero-order valence-corrected chi connectivity index (χ0v) is 13.8. The summed E-state index contributed by atoms with van der Waals surface area (Å²) in [6.07, 6.45) is 5.18. The smallest absolute Gasteiger partial charge is 0.315 e. The molecule has 0 spiro atoms. The summed E-state index contributed by atoms with van der Waals surface area (Å²) in [4.78, 5) is 23.2. The second-order valence-electron chi connectivity index (χ2n) is 4.92. The molecule has 3 rings (SSSR count). The lowest BCUT2D eigenvalue weighted by Crippen LogP contribution is -1.99. The van der Waals surface area contributed by atoms with E-state index in [1.807, 2.05) is 32.9 Å². The van der Waals surface area contributed by atoms with Gasteiger partial charge in [0.15, 0.2) is 0 Å². The van der Waals surface area contributed by atoms with Crippen molar-refractivity contribution in [3.05, 3.63) is 53.1 Å². The molecule has 0 bridgehead atoms. The lowest BCUT2D eigenvalue weighted by molar-refractivity contribution is 0.312. The highest BCUT2D eigenvalue weighted by Crippen LogP contribution is 2.27. The summed E-state index contributed by atoms with van der Waals surface area (Å²) in [5, 5.41) is 5.03. The van der Waals surface area contributed by atoms with Crippen molar-refractivity contribution in [1.29, 1.82) is 0 Å². The Hall–Kier alpha value is -2.67. The minimum atomic E-state index is 0.235. The maximum atomic E-state index is 5.31. The van der Waals surface area contributed by atoms with Crippen molar-refractivity contribution in [3.8, 4) is 16.6 Å². The van der Waals surface area contributed by atoms with E-state index in [4.69, 9.17) is 4.84 Å². The van der Waals surface area contributed by atoms with Crippen molar-refractivity contribution in [3.63, 3.8) is 0 Å². The van der Waals surface area contributed by atoms with Gasteiger partial charge in [0.2, 0.25) is 0 Å². The largest absolute Gasteiger partial charge is 0.345 e. The second-order valence-corrected chi connectivity index (χ2v) is 5.92. The SMILES string of the molecule is CC(=NOc1nccc(C)n1)c1sc(-c2cccnc2)nc1C. The summed E-state index contributed by atoms with van der Waals surface area (Å²) >= 11 is 1.56. The molecule has 116 valence electrons. The molecule has 3 aromatic heterocycles. The lowest BCUT2D eigenvalue weighted by Gasteiger charge is -1.99. The van der Waals surface area contributed by atoms with Gasteiger partial charge in [-0.15, -0.1) is 11.3 Å². The molecule has 7 heteroatoms. The fourth-order valence-corrected chi connectivity index (χ4v) is 2.96. The molecule has 0 aromatic carbocycles. The molecule has 0 aliphatic rings. The predicted molar refractivity (Wildman–Crippen MR) is 89.7 cm³/mol. The van der Waals surface area contributed by atoms with Crippen LogP contribution in [0.25, 0.3) is 10.6 Å². The van der Waals surface area contributed by atoms with Gasteiger partial charge in [0.25, 0.3) is 0 Å². The van der Waals surface area contributed by atoms with Crippen molar-refractivity contribution >= 4 is 17.0 Å². The molecule has 0 aliphatic carbocycles. The molecule has 0 saturated heterocycles. The number of pyridine rings is 1. The van der Waals surface area contributed by atoms with Gasteiger partial charge in [-0.3, -0.25) is 4.98 Å². The van der Waals surface area contributed by atoms with E-state index in [2.05, 4.69) is 25.1 Å². The van der Waals surface area contributed by atoms with E-state index >= 15 is 0 Å². The van der Waals surface area contributed by atoms with Crippen molar-refractivity contribution in [2.24, 2.45) is 5.16 Å². The topological polar surface area (TPSA) is 73.2 Å². The first-order chi connectivity index (χ1) is 11.1. The predicted octanol–water partition coefficient (Wildman–Crippen LogP) is 3.41. The van der Waals surface area contributed by atoms with E-state index in [0.717, 1.165) is 32.5 Å². The molecular weight excluding hydrogens is 310 g/mol. The van der Waals surface area contributed by atoms with Crippen LogP contribution in [0, 0.1) is 13.8 Å². The van der Waals surface area contributed by atoms with Crippen molar-refractivity contribution in [2.75, 3.05) is 0 Å². The number of aromatic nitrogens is 4. The number of aryl methyl sites for hydroxylation is 2. The summed E-state index contributed by atoms with van der Waals surface area (Å²) in [5.41, 5.74) is 3.46. The van der Waals surface area contributed by atoms with Crippen LogP contribution in [0.3, 0.4) is 0 Å². The first-order valence-corrected chi connectivity index (χ1v) is 7.84. The number of thiazole rings is 1. The standard InChI is InChI=1S/C16H15N5OS/c1-10-6-8-18-16(19-10)22-21-12(3)14-11(2)20-15(23-14)13-5-4-7-17-9-13/h4-9H,1-3H3. The van der Waals surface area contributed by atoms with Gasteiger partial charge in [0.05, 0.1) is 16.3 Å². The summed E-state index contributed by atoms with van der Waals surface area (Å²) in [5.74, 6) is 0. The monoisotopic (exact) mass is 325 g/mol. The molecule has 0 aliphatic heterocycles. The van der Waals surface area contributed by atoms with Crippen LogP contribution in [0.5, 0.6) is 6.01 Å². The van der Waals surface area contributed by atoms with Crippen LogP contribution in [-0.4, -0.2) is 25.6 Å². The van der Waals surface area contributed by atoms with E-state index in [0.29, 0.717) is 0 Å². The first-order valence-electron chi connectivity index (χ1n) is 7.03. The summed E-state index contributed by atoms with van der Waals surface area (Å²) in [7, 11) is 0. The number of hydrogen-bond donors (Lipinski definition) is 0. The molecule has 0 saturated carbocycles. The Balaban J connectivity index is 1.83. The third-order valence-corrected chi connectivity index (χ3v) is 4.39. The number of oxime groups is 1. The molecule has 3 heterocycles. The third-order valence-electron chi connectivity index (χ3n) is 3.07. The van der Waals surface area contributed by atoms with E-state index in [-0.39, 0.29) is 6.01 Å². The highest BCUT2D eigenvalue weighted by molar-refractivity contribution is 7.17. The molecule has 3 aromatic rings. The molecule has 0 atom stereocenters. The maximum absolute atomic E-state index is 5.31. The second kappa shape index (κ2) is 6.62. The van der Waals surface area contributed by atoms with Crippen molar-refractivity contribution in [2.45, 2.75) is 20.8 Å². The molecule has 0 N–H and O–H groups in total. The van der Waals surface area contributed by atoms with Crippen LogP contribution in [0.15, 0.2) is 41.9 Å². The molecule has 0 amide bonds. The van der Waals surface area contributed by atoms with Gasteiger partial charge in [-0.1, -0.05) is 5.16 Å². The van der Waals surface area contributed by atoms with Crippen LogP contribution in [0.4, 0.5) is 0 Å². The van der Waals surface area contributed by atoms with Crippen LogP contribution >= 0.6 is 11.3 Å². The zero-order chi connectivity index (χ0) is 16.2. The lowest BCUT2D eigenvalue weighted by atomic mass is 10.3. The number of nitrogens with zero attached hydrogens (tertiary/aromatic N) is 5. The molecule has 0 unspecified atom stereocenters. The third kappa shape index (κ3) is 3.57. The zero-order valence-electron chi connectivity index (χ0n) is 13.0. The van der Waals surface area contributed by atoms with E-state index in [1.165, 1.54) is 0 Å². The number of rotatable bonds is 4. The van der Waals surface area contributed by atoms with Crippen molar-refractivity contribution < 1.29 is 4.84 Å². The number of hydrogen-bond acceptors (Lipinski definition) is 7. The Kier molecular flexibility index (Phi) is 4.38. The van der Waals surface area contributed by atoms with E-state index in [9.17, 15) is 0 Å². The normalized spacial score (nSPS) is 11.5. The van der Waals surface area contributed by atoms with Gasteiger partial charge < -0.3 is 4.84 Å². The van der Waals surface area contributed by atoms with Gasteiger partial charge in [0.1, 0.15) is 5.01 Å². The van der Waals surface area contributed by atoms with Crippen LogP contribution in [0.2, 0.25) is 0 Å². The highest BCUT2D eigenvalue weighted by Gasteiger charge is 2.12. The molecule has 23 heavy (non-hydrogen) atoms. The average molecular weight is 325 g/mol. The average Bonchev–Trinajstić information content (AvgIpc) is 2.95. The van der Waals surface area contributed by atoms with Gasteiger partial charge >= 0.3 is 6.01 Å². The summed E-state index contributed by atoms with van der Waals surface area (Å²) in [6, 6.07) is 5.92. The molecule has 0 radical (unpaired) electrons. The van der Waals surface area contributed by atoms with Gasteiger partial charge in [-0.05, 0) is 39.0 Å². The van der Waals surface area contributed by atoms with Crippen LogP contribution < -0.4 is 4.84 Å². The molecule has 6 nitrogen and oxygen atoms in total. The maximum Gasteiger partial charge on any atom is 0.345 e. The Morgan fingerprint density at radius 1 is 1.17 bits per heavy atom. The Morgan fingerprint density at radius 2 is 2.04 bits per heavy atom. The van der Waals surface area contributed by atoms with Crippen molar-refractivity contribution in [1.82, 2.24) is 19.9 Å². The van der Waals surface area contributed by atoms with Gasteiger partial charge in [0, 0.05) is 29.8 Å².